The summed E-state index contributed by atoms with van der Waals surface area (Å²) in [5.74, 6) is 0. The third-order valence-corrected chi connectivity index (χ3v) is 5.61. The van der Waals surface area contributed by atoms with E-state index in [4.69, 9.17) is 0 Å². The van der Waals surface area contributed by atoms with Gasteiger partial charge in [-0.25, -0.2) is 0 Å². The number of hydrogen-bond acceptors (Lipinski definition) is 1. The van der Waals surface area contributed by atoms with Crippen molar-refractivity contribution >= 4 is 8.24 Å². The van der Waals surface area contributed by atoms with E-state index in [2.05, 4.69) is 57.1 Å². The molecule has 0 saturated heterocycles. The molecule has 0 amide bonds. The average molecular weight is 314 g/mol. The fourth-order valence-corrected chi connectivity index (χ4v) is 5.11. The van der Waals surface area contributed by atoms with Crippen molar-refractivity contribution in [3.05, 3.63) is 23.4 Å². The summed E-state index contributed by atoms with van der Waals surface area (Å²) in [6.45, 7) is 11.5. The van der Waals surface area contributed by atoms with Crippen molar-refractivity contribution < 1.29 is 46.5 Å². The molecule has 0 aromatic rings. The molecule has 0 heterocycles. The van der Waals surface area contributed by atoms with Crippen LogP contribution in [0.1, 0.15) is 27.2 Å². The minimum absolute atomic E-state index is 0. The van der Waals surface area contributed by atoms with Gasteiger partial charge >= 0.3 is 21.7 Å². The molecular weight excluding hydrogens is 293 g/mol. The van der Waals surface area contributed by atoms with Crippen molar-refractivity contribution in [2.45, 2.75) is 45.8 Å². The molecule has 0 aliphatic heterocycles. The Hall–Kier alpha value is 0.951. The van der Waals surface area contributed by atoms with E-state index in [1.54, 1.807) is 5.20 Å². The summed E-state index contributed by atoms with van der Waals surface area (Å²) >= 11 is 0. The summed E-state index contributed by atoms with van der Waals surface area (Å²) in [4.78, 5) is 3.77. The molecule has 0 radical (unpaired) electrons. The maximum atomic E-state index is 3.77. The van der Waals surface area contributed by atoms with Gasteiger partial charge in [0.2, 0.25) is 0 Å². The Labute approximate surface area is 128 Å². The van der Waals surface area contributed by atoms with Crippen LogP contribution < -0.4 is 29.8 Å². The predicted molar refractivity (Wildman–Crippen MR) is 62.2 cm³/mol. The van der Waals surface area contributed by atoms with Crippen LogP contribution in [0.4, 0.5) is 0 Å². The molecule has 1 aliphatic carbocycles. The van der Waals surface area contributed by atoms with Gasteiger partial charge in [-0.15, -0.1) is 0 Å². The second kappa shape index (κ2) is 8.12. The van der Waals surface area contributed by atoms with Crippen molar-refractivity contribution in [3.8, 4) is 0 Å². The Morgan fingerprint density at radius 1 is 1.19 bits per heavy atom. The van der Waals surface area contributed by atoms with Gasteiger partial charge in [-0.3, -0.25) is 0 Å². The normalized spacial score (nSPS) is 14.4. The van der Waals surface area contributed by atoms with Crippen molar-refractivity contribution in [2.75, 3.05) is 0 Å². The molecule has 92 valence electrons. The summed E-state index contributed by atoms with van der Waals surface area (Å²) in [5, 5.41) is 1.61. The molecule has 16 heavy (non-hydrogen) atoms. The van der Waals surface area contributed by atoms with E-state index in [0.29, 0.717) is 0 Å². The zero-order valence-corrected chi connectivity index (χ0v) is 14.8. The molecule has 1 aliphatic rings. The van der Waals surface area contributed by atoms with Crippen molar-refractivity contribution in [2.24, 2.45) is 0 Å². The van der Waals surface area contributed by atoms with Gasteiger partial charge in [-0.05, 0) is 27.2 Å². The molecule has 0 atom stereocenters. The van der Waals surface area contributed by atoms with Crippen LogP contribution in [0.25, 0.3) is 0 Å². The summed E-state index contributed by atoms with van der Waals surface area (Å²) in [6.07, 6.45) is 7.86. The molecule has 0 aromatic carbocycles. The number of halogens is 2. The molecule has 1 nitrogen and oxygen atoms in total. The van der Waals surface area contributed by atoms with Crippen LogP contribution >= 0.6 is 0 Å². The van der Waals surface area contributed by atoms with Gasteiger partial charge < -0.3 is 29.8 Å². The van der Waals surface area contributed by atoms with Crippen LogP contribution in [0.2, 0.25) is 13.1 Å². The molecule has 0 unspecified atom stereocenters. The maximum absolute atomic E-state index is 3.77. The van der Waals surface area contributed by atoms with Crippen molar-refractivity contribution in [1.82, 2.24) is 4.98 Å². The van der Waals surface area contributed by atoms with Crippen LogP contribution in [-0.4, -0.2) is 13.8 Å². The Balaban J connectivity index is -0.000000563. The van der Waals surface area contributed by atoms with E-state index in [1.807, 2.05) is 0 Å². The number of rotatable bonds is 2. The second-order valence-electron chi connectivity index (χ2n) is 5.32. The molecule has 0 aromatic heterocycles. The number of allylic oxidation sites excluding steroid dienone is 4. The van der Waals surface area contributed by atoms with Crippen LogP contribution in [0.3, 0.4) is 0 Å². The van der Waals surface area contributed by atoms with E-state index in [-0.39, 0.29) is 52.1 Å². The van der Waals surface area contributed by atoms with Crippen LogP contribution in [0.5, 0.6) is 0 Å². The van der Waals surface area contributed by atoms with E-state index in [9.17, 15) is 0 Å². The van der Waals surface area contributed by atoms with Crippen LogP contribution in [-0.2, 0) is 21.7 Å². The average Bonchev–Trinajstić information content (AvgIpc) is 2.29. The summed E-state index contributed by atoms with van der Waals surface area (Å²) in [5.41, 5.74) is 0.235. The Morgan fingerprint density at radius 3 is 2.00 bits per heavy atom. The summed E-state index contributed by atoms with van der Waals surface area (Å²) in [6, 6.07) is 0. The third-order valence-electron chi connectivity index (χ3n) is 2.26. The number of hydrogen-bond donors (Lipinski definition) is 1. The van der Waals surface area contributed by atoms with Crippen LogP contribution in [0, 0.1) is 0 Å². The monoisotopic (exact) mass is 313 g/mol. The molecular formula is C11H21Cl2NSiTi. The maximum Gasteiger partial charge on any atom is 2.00 e. The standard InChI is InChI=1S/C11H21NSi.2ClH.Ti/c1-11(2,3)12-13(4,5)10-8-6-7-9-10;;;/h6-8,12H,9H2,1-5H3;2*1H;/q;;;+2/p-2. The van der Waals surface area contributed by atoms with Gasteiger partial charge in [-0.2, -0.15) is 0 Å². The summed E-state index contributed by atoms with van der Waals surface area (Å²) in [7, 11) is -1.36. The third kappa shape index (κ3) is 7.31. The SMILES string of the molecule is CC(C)(C)N[Si](C)(C)C1=CC=CC1.[Cl-].[Cl-].[Ti+2]. The van der Waals surface area contributed by atoms with E-state index >= 15 is 0 Å². The van der Waals surface area contributed by atoms with E-state index in [0.717, 1.165) is 6.42 Å². The first-order valence-electron chi connectivity index (χ1n) is 4.97. The molecule has 0 spiro atoms. The quantitative estimate of drug-likeness (QED) is 0.536. The predicted octanol–water partition coefficient (Wildman–Crippen LogP) is -2.99. The minimum atomic E-state index is -1.36. The first-order valence-corrected chi connectivity index (χ1v) is 7.97. The topological polar surface area (TPSA) is 12.0 Å². The van der Waals surface area contributed by atoms with E-state index in [1.165, 1.54) is 0 Å². The largest absolute Gasteiger partial charge is 2.00 e. The molecule has 0 bridgehead atoms. The summed E-state index contributed by atoms with van der Waals surface area (Å²) < 4.78 is 0. The van der Waals surface area contributed by atoms with Crippen molar-refractivity contribution in [1.29, 1.82) is 0 Å². The smallest absolute Gasteiger partial charge is 1.00 e. The molecule has 0 fully saturated rings. The molecule has 1 rings (SSSR count). The Bertz CT molecular complexity index is 257. The Morgan fingerprint density at radius 2 is 1.69 bits per heavy atom. The molecule has 5 heteroatoms. The first-order chi connectivity index (χ1) is 5.81. The van der Waals surface area contributed by atoms with Gasteiger partial charge in [0.15, 0.2) is 0 Å². The Kier molecular flexibility index (Phi) is 11.3. The molecule has 0 saturated carbocycles. The zero-order chi connectivity index (χ0) is 10.1. The van der Waals surface area contributed by atoms with Gasteiger partial charge in [0, 0.05) is 5.54 Å². The van der Waals surface area contributed by atoms with Crippen LogP contribution in [0.15, 0.2) is 23.4 Å². The van der Waals surface area contributed by atoms with Gasteiger partial charge in [0.25, 0.3) is 0 Å². The minimum Gasteiger partial charge on any atom is -1.00 e. The molecule has 1 N–H and O–H groups in total. The van der Waals surface area contributed by atoms with Gasteiger partial charge in [0.05, 0.1) is 0 Å². The van der Waals surface area contributed by atoms with Crippen molar-refractivity contribution in [3.63, 3.8) is 0 Å². The zero-order valence-electron chi connectivity index (χ0n) is 10.7. The second-order valence-corrected chi connectivity index (χ2v) is 9.47. The van der Waals surface area contributed by atoms with E-state index < -0.39 is 8.24 Å². The number of nitrogens with one attached hydrogen (secondary N) is 1. The van der Waals surface area contributed by atoms with Gasteiger partial charge in [0.1, 0.15) is 8.24 Å². The first kappa shape index (κ1) is 22.2. The fourth-order valence-electron chi connectivity index (χ4n) is 1.93. The fraction of sp³-hybridized carbons (Fsp3) is 0.636. The van der Waals surface area contributed by atoms with Gasteiger partial charge in [-0.1, -0.05) is 36.5 Å².